The first kappa shape index (κ1) is 10.0. The molecule has 0 aromatic heterocycles. The molecule has 0 amide bonds. The molecule has 1 aromatic rings. The maximum atomic E-state index is 5.37. The van der Waals surface area contributed by atoms with Gasteiger partial charge in [-0.3, -0.25) is 11.3 Å². The standard InChI is InChI=1S/C10H16N2O/c1-3-13-10-5-4-9(7-12-11)8(2)6-10/h4-6,12H,3,7,11H2,1-2H3. The molecule has 72 valence electrons. The predicted octanol–water partition coefficient (Wildman–Crippen LogP) is 1.36. The summed E-state index contributed by atoms with van der Waals surface area (Å²) in [5.74, 6) is 6.16. The zero-order valence-corrected chi connectivity index (χ0v) is 8.13. The van der Waals surface area contributed by atoms with Gasteiger partial charge in [-0.2, -0.15) is 0 Å². The highest BCUT2D eigenvalue weighted by Gasteiger charge is 1.98. The van der Waals surface area contributed by atoms with Gasteiger partial charge in [0.2, 0.25) is 0 Å². The lowest BCUT2D eigenvalue weighted by molar-refractivity contribution is 0.340. The lowest BCUT2D eigenvalue weighted by Gasteiger charge is -2.08. The van der Waals surface area contributed by atoms with E-state index in [4.69, 9.17) is 10.6 Å². The molecule has 0 aliphatic heterocycles. The highest BCUT2D eigenvalue weighted by atomic mass is 16.5. The van der Waals surface area contributed by atoms with Gasteiger partial charge < -0.3 is 4.74 Å². The lowest BCUT2D eigenvalue weighted by atomic mass is 10.1. The average molecular weight is 180 g/mol. The molecular formula is C10H16N2O. The minimum atomic E-state index is 0.693. The van der Waals surface area contributed by atoms with E-state index in [1.54, 1.807) is 0 Å². The predicted molar refractivity (Wildman–Crippen MR) is 53.4 cm³/mol. The summed E-state index contributed by atoms with van der Waals surface area (Å²) in [5, 5.41) is 0. The van der Waals surface area contributed by atoms with Crippen LogP contribution in [0.2, 0.25) is 0 Å². The Morgan fingerprint density at radius 1 is 1.46 bits per heavy atom. The minimum Gasteiger partial charge on any atom is -0.494 e. The second kappa shape index (κ2) is 4.84. The second-order valence-electron chi connectivity index (χ2n) is 2.90. The monoisotopic (exact) mass is 180 g/mol. The van der Waals surface area contributed by atoms with E-state index in [0.717, 1.165) is 5.75 Å². The van der Waals surface area contributed by atoms with Crippen molar-refractivity contribution in [3.05, 3.63) is 29.3 Å². The molecule has 0 spiro atoms. The van der Waals surface area contributed by atoms with E-state index in [1.807, 2.05) is 25.1 Å². The Kier molecular flexibility index (Phi) is 3.73. The van der Waals surface area contributed by atoms with Crippen LogP contribution in [0.15, 0.2) is 18.2 Å². The van der Waals surface area contributed by atoms with Gasteiger partial charge in [-0.05, 0) is 37.1 Å². The van der Waals surface area contributed by atoms with Crippen LogP contribution in [0.25, 0.3) is 0 Å². The van der Waals surface area contributed by atoms with Crippen LogP contribution in [0.4, 0.5) is 0 Å². The van der Waals surface area contributed by atoms with E-state index < -0.39 is 0 Å². The van der Waals surface area contributed by atoms with E-state index in [1.165, 1.54) is 11.1 Å². The molecule has 3 nitrogen and oxygen atoms in total. The van der Waals surface area contributed by atoms with Crippen molar-refractivity contribution < 1.29 is 4.74 Å². The van der Waals surface area contributed by atoms with Gasteiger partial charge in [0, 0.05) is 6.54 Å². The quantitative estimate of drug-likeness (QED) is 0.543. The molecule has 0 aliphatic carbocycles. The highest BCUT2D eigenvalue weighted by Crippen LogP contribution is 2.16. The Morgan fingerprint density at radius 2 is 2.23 bits per heavy atom. The molecule has 0 aliphatic rings. The smallest absolute Gasteiger partial charge is 0.119 e. The van der Waals surface area contributed by atoms with E-state index in [2.05, 4.69) is 12.3 Å². The van der Waals surface area contributed by atoms with Crippen LogP contribution in [0.3, 0.4) is 0 Å². The number of nitrogens with two attached hydrogens (primary N) is 1. The van der Waals surface area contributed by atoms with Gasteiger partial charge in [-0.25, -0.2) is 0 Å². The molecule has 0 unspecified atom stereocenters. The third-order valence-electron chi connectivity index (χ3n) is 1.92. The summed E-state index contributed by atoms with van der Waals surface area (Å²) in [6.07, 6.45) is 0. The normalized spacial score (nSPS) is 10.1. The summed E-state index contributed by atoms with van der Waals surface area (Å²) in [5.41, 5.74) is 5.03. The summed E-state index contributed by atoms with van der Waals surface area (Å²) >= 11 is 0. The molecule has 0 saturated heterocycles. The number of benzene rings is 1. The van der Waals surface area contributed by atoms with Crippen LogP contribution in [0.5, 0.6) is 5.75 Å². The third-order valence-corrected chi connectivity index (χ3v) is 1.92. The molecule has 0 atom stereocenters. The molecule has 0 heterocycles. The molecule has 1 rings (SSSR count). The topological polar surface area (TPSA) is 47.3 Å². The first-order valence-corrected chi connectivity index (χ1v) is 4.43. The molecule has 0 saturated carbocycles. The Morgan fingerprint density at radius 3 is 2.77 bits per heavy atom. The molecular weight excluding hydrogens is 164 g/mol. The Bertz CT molecular complexity index is 274. The maximum absolute atomic E-state index is 5.37. The highest BCUT2D eigenvalue weighted by molar-refractivity contribution is 5.34. The molecule has 1 aromatic carbocycles. The number of hydrogen-bond acceptors (Lipinski definition) is 3. The number of aryl methyl sites for hydroxylation is 1. The largest absolute Gasteiger partial charge is 0.494 e. The van der Waals surface area contributed by atoms with Crippen molar-refractivity contribution in [2.45, 2.75) is 20.4 Å². The van der Waals surface area contributed by atoms with E-state index in [-0.39, 0.29) is 0 Å². The zero-order valence-electron chi connectivity index (χ0n) is 8.13. The number of hydrazine groups is 1. The fraction of sp³-hybridized carbons (Fsp3) is 0.400. The van der Waals surface area contributed by atoms with Crippen LogP contribution in [-0.2, 0) is 6.54 Å². The fourth-order valence-electron chi connectivity index (χ4n) is 1.23. The Labute approximate surface area is 78.9 Å². The van der Waals surface area contributed by atoms with Gasteiger partial charge in [-0.15, -0.1) is 0 Å². The van der Waals surface area contributed by atoms with Gasteiger partial charge in [0.1, 0.15) is 5.75 Å². The van der Waals surface area contributed by atoms with Crippen LogP contribution in [-0.4, -0.2) is 6.61 Å². The lowest BCUT2D eigenvalue weighted by Crippen LogP contribution is -2.21. The van der Waals surface area contributed by atoms with Crippen molar-refractivity contribution in [3.8, 4) is 5.75 Å². The molecule has 13 heavy (non-hydrogen) atoms. The SMILES string of the molecule is CCOc1ccc(CNN)c(C)c1. The molecule has 3 heteroatoms. The van der Waals surface area contributed by atoms with Crippen LogP contribution < -0.4 is 16.0 Å². The maximum Gasteiger partial charge on any atom is 0.119 e. The van der Waals surface area contributed by atoms with Gasteiger partial charge in [0.15, 0.2) is 0 Å². The van der Waals surface area contributed by atoms with E-state index in [9.17, 15) is 0 Å². The Balaban J connectivity index is 2.79. The number of nitrogens with one attached hydrogen (secondary N) is 1. The first-order valence-electron chi connectivity index (χ1n) is 4.43. The summed E-state index contributed by atoms with van der Waals surface area (Å²) in [4.78, 5) is 0. The summed E-state index contributed by atoms with van der Waals surface area (Å²) in [6, 6.07) is 6.01. The van der Waals surface area contributed by atoms with Gasteiger partial charge in [-0.1, -0.05) is 6.07 Å². The van der Waals surface area contributed by atoms with E-state index in [0.29, 0.717) is 13.2 Å². The summed E-state index contributed by atoms with van der Waals surface area (Å²) in [6.45, 7) is 5.42. The summed E-state index contributed by atoms with van der Waals surface area (Å²) < 4.78 is 5.37. The third kappa shape index (κ3) is 2.72. The fourth-order valence-corrected chi connectivity index (χ4v) is 1.23. The van der Waals surface area contributed by atoms with Crippen molar-refractivity contribution >= 4 is 0 Å². The average Bonchev–Trinajstić information content (AvgIpc) is 2.10. The zero-order chi connectivity index (χ0) is 9.68. The van der Waals surface area contributed by atoms with Crippen molar-refractivity contribution in [3.63, 3.8) is 0 Å². The number of hydrogen-bond donors (Lipinski definition) is 2. The molecule has 0 radical (unpaired) electrons. The van der Waals surface area contributed by atoms with Crippen molar-refractivity contribution in [1.29, 1.82) is 0 Å². The number of ether oxygens (including phenoxy) is 1. The Hall–Kier alpha value is -1.06. The molecule has 0 fully saturated rings. The minimum absolute atomic E-state index is 0.693. The second-order valence-corrected chi connectivity index (χ2v) is 2.90. The van der Waals surface area contributed by atoms with E-state index >= 15 is 0 Å². The first-order chi connectivity index (χ1) is 6.27. The molecule has 0 bridgehead atoms. The van der Waals surface area contributed by atoms with Gasteiger partial charge in [0.25, 0.3) is 0 Å². The number of rotatable bonds is 4. The van der Waals surface area contributed by atoms with Crippen molar-refractivity contribution in [1.82, 2.24) is 5.43 Å². The van der Waals surface area contributed by atoms with Crippen molar-refractivity contribution in [2.75, 3.05) is 6.61 Å². The molecule has 3 N–H and O–H groups in total. The van der Waals surface area contributed by atoms with Gasteiger partial charge in [0.05, 0.1) is 6.61 Å². The van der Waals surface area contributed by atoms with Crippen LogP contribution >= 0.6 is 0 Å². The van der Waals surface area contributed by atoms with Crippen molar-refractivity contribution in [2.24, 2.45) is 5.84 Å². The summed E-state index contributed by atoms with van der Waals surface area (Å²) in [7, 11) is 0. The van der Waals surface area contributed by atoms with Crippen LogP contribution in [0, 0.1) is 6.92 Å². The van der Waals surface area contributed by atoms with Gasteiger partial charge >= 0.3 is 0 Å². The van der Waals surface area contributed by atoms with Crippen LogP contribution in [0.1, 0.15) is 18.1 Å².